The van der Waals surface area contributed by atoms with E-state index in [4.69, 9.17) is 0 Å². The molecule has 1 N–H and O–H groups in total. The minimum absolute atomic E-state index is 0.0801. The van der Waals surface area contributed by atoms with Crippen molar-refractivity contribution in [1.29, 1.82) is 0 Å². The Kier molecular flexibility index (Phi) is 7.15. The van der Waals surface area contributed by atoms with E-state index in [9.17, 15) is 4.79 Å². The molecule has 25 heavy (non-hydrogen) atoms. The molecule has 2 heterocycles. The second-order valence-electron chi connectivity index (χ2n) is 5.83. The second kappa shape index (κ2) is 9.56. The van der Waals surface area contributed by atoms with Crippen LogP contribution in [0.15, 0.2) is 39.0 Å². The van der Waals surface area contributed by atoms with Crippen LogP contribution in [0.5, 0.6) is 0 Å². The predicted octanol–water partition coefficient (Wildman–Crippen LogP) is 3.13. The van der Waals surface area contributed by atoms with Gasteiger partial charge in [-0.3, -0.25) is 9.69 Å². The molecule has 1 unspecified atom stereocenters. The summed E-state index contributed by atoms with van der Waals surface area (Å²) in [6.07, 6.45) is 1.01. The van der Waals surface area contributed by atoms with Crippen molar-refractivity contribution in [2.24, 2.45) is 0 Å². The van der Waals surface area contributed by atoms with E-state index < -0.39 is 0 Å². The van der Waals surface area contributed by atoms with Crippen molar-refractivity contribution in [3.05, 3.63) is 35.9 Å². The maximum atomic E-state index is 12.2. The first-order chi connectivity index (χ1) is 12.2. The zero-order valence-corrected chi connectivity index (χ0v) is 16.6. The molecule has 0 spiro atoms. The van der Waals surface area contributed by atoms with Crippen molar-refractivity contribution in [1.82, 2.24) is 20.4 Å². The highest BCUT2D eigenvalue weighted by atomic mass is 32.2. The van der Waals surface area contributed by atoms with E-state index in [2.05, 4.69) is 51.6 Å². The molecule has 1 aliphatic rings. The molecule has 0 aliphatic carbocycles. The van der Waals surface area contributed by atoms with Crippen molar-refractivity contribution in [2.75, 3.05) is 24.6 Å². The Morgan fingerprint density at radius 2 is 2.04 bits per heavy atom. The van der Waals surface area contributed by atoms with Gasteiger partial charge in [0.25, 0.3) is 0 Å². The Hall–Kier alpha value is -1.09. The van der Waals surface area contributed by atoms with Gasteiger partial charge in [-0.05, 0) is 17.7 Å². The lowest BCUT2D eigenvalue weighted by Gasteiger charge is -2.16. The molecule has 1 aliphatic heterocycles. The molecule has 1 amide bonds. The lowest BCUT2D eigenvalue weighted by atomic mass is 10.2. The average Bonchev–Trinajstić information content (AvgIpc) is 3.24. The summed E-state index contributed by atoms with van der Waals surface area (Å²) in [7, 11) is 0. The third kappa shape index (κ3) is 5.99. The smallest absolute Gasteiger partial charge is 0.230 e. The standard InChI is InChI=1S/C17H22N4OS3/c1-2-23-16-19-20-17(25-16)24-12-15(22)18-14-8-9-21(11-14)10-13-6-4-3-5-7-13/h3-7,14H,2,8-12H2,1H3,(H,18,22). The van der Waals surface area contributed by atoms with Crippen molar-refractivity contribution in [2.45, 2.75) is 34.6 Å². The van der Waals surface area contributed by atoms with Crippen LogP contribution in [0, 0.1) is 0 Å². The number of carbonyl (C=O) groups excluding carboxylic acids is 1. The van der Waals surface area contributed by atoms with Crippen LogP contribution in [0.4, 0.5) is 0 Å². The zero-order chi connectivity index (χ0) is 17.5. The van der Waals surface area contributed by atoms with Crippen LogP contribution in [-0.4, -0.2) is 51.6 Å². The van der Waals surface area contributed by atoms with Gasteiger partial charge in [-0.2, -0.15) is 0 Å². The molecule has 1 fully saturated rings. The average molecular weight is 395 g/mol. The molecule has 1 aromatic heterocycles. The molecule has 2 aromatic rings. The Morgan fingerprint density at radius 3 is 2.80 bits per heavy atom. The van der Waals surface area contributed by atoms with Gasteiger partial charge in [-0.1, -0.05) is 72.1 Å². The van der Waals surface area contributed by atoms with Crippen LogP contribution in [0.25, 0.3) is 0 Å². The van der Waals surface area contributed by atoms with Gasteiger partial charge in [0.15, 0.2) is 8.68 Å². The van der Waals surface area contributed by atoms with E-state index in [0.29, 0.717) is 5.75 Å². The molecule has 0 radical (unpaired) electrons. The molecule has 8 heteroatoms. The van der Waals surface area contributed by atoms with Crippen LogP contribution in [0.2, 0.25) is 0 Å². The highest BCUT2D eigenvalue weighted by molar-refractivity contribution is 8.03. The highest BCUT2D eigenvalue weighted by Gasteiger charge is 2.23. The van der Waals surface area contributed by atoms with Crippen LogP contribution >= 0.6 is 34.9 Å². The fourth-order valence-electron chi connectivity index (χ4n) is 2.77. The summed E-state index contributed by atoms with van der Waals surface area (Å²) < 4.78 is 1.83. The molecular formula is C17H22N4OS3. The van der Waals surface area contributed by atoms with Gasteiger partial charge in [0.1, 0.15) is 0 Å². The number of amides is 1. The van der Waals surface area contributed by atoms with Crippen LogP contribution in [0.3, 0.4) is 0 Å². The molecule has 5 nitrogen and oxygen atoms in total. The summed E-state index contributed by atoms with van der Waals surface area (Å²) in [6.45, 7) is 4.99. The maximum Gasteiger partial charge on any atom is 0.230 e. The van der Waals surface area contributed by atoms with Gasteiger partial charge in [0.05, 0.1) is 5.75 Å². The molecule has 134 valence electrons. The molecule has 1 atom stereocenters. The first-order valence-corrected chi connectivity index (χ1v) is 11.2. The number of rotatable bonds is 8. The number of likely N-dealkylation sites (tertiary alicyclic amines) is 1. The fraction of sp³-hybridized carbons (Fsp3) is 0.471. The van der Waals surface area contributed by atoms with Crippen LogP contribution in [0.1, 0.15) is 18.9 Å². The van der Waals surface area contributed by atoms with E-state index in [1.54, 1.807) is 23.1 Å². The van der Waals surface area contributed by atoms with E-state index in [-0.39, 0.29) is 11.9 Å². The summed E-state index contributed by atoms with van der Waals surface area (Å²) in [4.78, 5) is 14.6. The first-order valence-electron chi connectivity index (χ1n) is 8.37. The van der Waals surface area contributed by atoms with Crippen molar-refractivity contribution in [3.8, 4) is 0 Å². The quantitative estimate of drug-likeness (QED) is 0.694. The van der Waals surface area contributed by atoms with Gasteiger partial charge in [0.2, 0.25) is 5.91 Å². The molecule has 1 saturated heterocycles. The summed E-state index contributed by atoms with van der Waals surface area (Å²) in [5.74, 6) is 1.47. The molecule has 0 saturated carbocycles. The number of thioether (sulfide) groups is 2. The third-order valence-corrected chi connectivity index (χ3v) is 6.94. The first kappa shape index (κ1) is 18.7. The van der Waals surface area contributed by atoms with Gasteiger partial charge < -0.3 is 5.32 Å². The van der Waals surface area contributed by atoms with Gasteiger partial charge in [-0.15, -0.1) is 10.2 Å². The van der Waals surface area contributed by atoms with Crippen LogP contribution in [-0.2, 0) is 11.3 Å². The summed E-state index contributed by atoms with van der Waals surface area (Å²) >= 11 is 4.71. The fourth-order valence-corrected chi connectivity index (χ4v) is 5.50. The predicted molar refractivity (Wildman–Crippen MR) is 105 cm³/mol. The lowest BCUT2D eigenvalue weighted by Crippen LogP contribution is -2.37. The van der Waals surface area contributed by atoms with Crippen molar-refractivity contribution < 1.29 is 4.79 Å². The summed E-state index contributed by atoms with van der Waals surface area (Å²) in [6, 6.07) is 10.7. The molecular weight excluding hydrogens is 372 g/mol. The number of aromatic nitrogens is 2. The molecule has 3 rings (SSSR count). The number of nitrogens with zero attached hydrogens (tertiary/aromatic N) is 3. The van der Waals surface area contributed by atoms with E-state index in [0.717, 1.165) is 40.5 Å². The Labute approximate surface area is 161 Å². The van der Waals surface area contributed by atoms with E-state index in [1.165, 1.54) is 17.3 Å². The summed E-state index contributed by atoms with van der Waals surface area (Å²) in [5.41, 5.74) is 1.32. The van der Waals surface area contributed by atoms with Gasteiger partial charge in [-0.25, -0.2) is 0 Å². The maximum absolute atomic E-state index is 12.2. The summed E-state index contributed by atoms with van der Waals surface area (Å²) in [5, 5.41) is 11.4. The largest absolute Gasteiger partial charge is 0.351 e. The third-order valence-electron chi connectivity index (χ3n) is 3.87. The monoisotopic (exact) mass is 394 g/mol. The van der Waals surface area contributed by atoms with Gasteiger partial charge in [0, 0.05) is 25.7 Å². The normalized spacial score (nSPS) is 17.7. The molecule has 0 bridgehead atoms. The number of hydrogen-bond donors (Lipinski definition) is 1. The Balaban J connectivity index is 1.38. The highest BCUT2D eigenvalue weighted by Crippen LogP contribution is 2.28. The SMILES string of the molecule is CCSc1nnc(SCC(=O)NC2CCN(Cc3ccccc3)C2)s1. The number of hydrogen-bond acceptors (Lipinski definition) is 7. The van der Waals surface area contributed by atoms with E-state index in [1.807, 2.05) is 6.07 Å². The minimum atomic E-state index is 0.0801. The van der Waals surface area contributed by atoms with Crippen LogP contribution < -0.4 is 5.32 Å². The minimum Gasteiger partial charge on any atom is -0.351 e. The second-order valence-corrected chi connectivity index (χ2v) is 9.54. The molecule has 1 aromatic carbocycles. The number of carbonyl (C=O) groups is 1. The lowest BCUT2D eigenvalue weighted by molar-refractivity contribution is -0.119. The number of benzene rings is 1. The Morgan fingerprint density at radius 1 is 1.28 bits per heavy atom. The zero-order valence-electron chi connectivity index (χ0n) is 14.2. The van der Waals surface area contributed by atoms with Gasteiger partial charge >= 0.3 is 0 Å². The number of nitrogens with one attached hydrogen (secondary N) is 1. The van der Waals surface area contributed by atoms with Crippen molar-refractivity contribution in [3.63, 3.8) is 0 Å². The Bertz CT molecular complexity index is 680. The topological polar surface area (TPSA) is 58.1 Å². The van der Waals surface area contributed by atoms with E-state index >= 15 is 0 Å². The van der Waals surface area contributed by atoms with Crippen molar-refractivity contribution >= 4 is 40.8 Å².